The lowest BCUT2D eigenvalue weighted by molar-refractivity contribution is -0.0163. The van der Waals surface area contributed by atoms with E-state index in [-0.39, 0.29) is 0 Å². The number of aliphatic hydroxyl groups is 1. The van der Waals surface area contributed by atoms with E-state index < -0.39 is 6.10 Å². The molecular weight excluding hydrogens is 262 g/mol. The van der Waals surface area contributed by atoms with Crippen LogP contribution in [0.5, 0.6) is 0 Å². The predicted molar refractivity (Wildman–Crippen MR) is 78.1 cm³/mol. The van der Waals surface area contributed by atoms with E-state index in [9.17, 15) is 5.11 Å². The van der Waals surface area contributed by atoms with Crippen LogP contribution in [0.3, 0.4) is 0 Å². The molecule has 0 amide bonds. The van der Waals surface area contributed by atoms with Gasteiger partial charge in [0, 0.05) is 13.2 Å². The molecule has 0 aliphatic rings. The maximum atomic E-state index is 9.37. The maximum absolute atomic E-state index is 9.37. The number of likely N-dealkylation sites (N-methyl/N-ethyl adjacent to an activating group) is 1. The number of ether oxygens (including phenoxy) is 4. The molecule has 0 heterocycles. The Morgan fingerprint density at radius 3 is 1.85 bits per heavy atom. The van der Waals surface area contributed by atoms with Crippen molar-refractivity contribution in [2.45, 2.75) is 25.9 Å². The van der Waals surface area contributed by atoms with Crippen LogP contribution in [0, 0.1) is 0 Å². The molecule has 0 aromatic heterocycles. The van der Waals surface area contributed by atoms with Gasteiger partial charge in [-0.3, -0.25) is 0 Å². The van der Waals surface area contributed by atoms with Crippen molar-refractivity contribution in [3.8, 4) is 0 Å². The first-order chi connectivity index (χ1) is 9.81. The minimum Gasteiger partial charge on any atom is -0.389 e. The van der Waals surface area contributed by atoms with E-state index in [1.54, 1.807) is 7.05 Å². The third-order valence-electron chi connectivity index (χ3n) is 2.51. The molecule has 0 bridgehead atoms. The number of hydrogen-bond donors (Lipinski definition) is 2. The fraction of sp³-hybridized carbons (Fsp3) is 1.00. The minimum atomic E-state index is -0.462. The van der Waals surface area contributed by atoms with Gasteiger partial charge in [-0.15, -0.1) is 0 Å². The van der Waals surface area contributed by atoms with Crippen LogP contribution in [0.4, 0.5) is 0 Å². The Morgan fingerprint density at radius 2 is 1.35 bits per heavy atom. The Kier molecular flexibility index (Phi) is 16.6. The Morgan fingerprint density at radius 1 is 0.850 bits per heavy atom. The Labute approximate surface area is 122 Å². The van der Waals surface area contributed by atoms with Crippen molar-refractivity contribution >= 4 is 0 Å². The van der Waals surface area contributed by atoms with Gasteiger partial charge in [0.2, 0.25) is 0 Å². The van der Waals surface area contributed by atoms with Gasteiger partial charge in [0.25, 0.3) is 0 Å². The Balaban J connectivity index is 2.99. The lowest BCUT2D eigenvalue weighted by Crippen LogP contribution is -2.28. The van der Waals surface area contributed by atoms with Gasteiger partial charge in [-0.2, -0.15) is 0 Å². The quantitative estimate of drug-likeness (QED) is 0.402. The average molecular weight is 293 g/mol. The summed E-state index contributed by atoms with van der Waals surface area (Å²) in [5.41, 5.74) is 0. The summed E-state index contributed by atoms with van der Waals surface area (Å²) in [5, 5.41) is 12.2. The molecule has 1 unspecified atom stereocenters. The van der Waals surface area contributed by atoms with Gasteiger partial charge >= 0.3 is 0 Å². The summed E-state index contributed by atoms with van der Waals surface area (Å²) in [5.74, 6) is 0. The van der Waals surface area contributed by atoms with Gasteiger partial charge in [-0.1, -0.05) is 13.3 Å². The molecule has 6 heteroatoms. The summed E-state index contributed by atoms with van der Waals surface area (Å²) < 4.78 is 21.3. The molecule has 122 valence electrons. The van der Waals surface area contributed by atoms with E-state index in [2.05, 4.69) is 12.2 Å². The van der Waals surface area contributed by atoms with Gasteiger partial charge < -0.3 is 29.4 Å². The second-order valence-corrected chi connectivity index (χ2v) is 4.48. The van der Waals surface area contributed by atoms with Crippen molar-refractivity contribution in [3.05, 3.63) is 0 Å². The monoisotopic (exact) mass is 293 g/mol. The number of hydrogen-bond acceptors (Lipinski definition) is 6. The highest BCUT2D eigenvalue weighted by atomic mass is 16.6. The summed E-state index contributed by atoms with van der Waals surface area (Å²) in [6.45, 7) is 7.20. The smallest absolute Gasteiger partial charge is 0.0897 e. The van der Waals surface area contributed by atoms with E-state index in [0.29, 0.717) is 52.8 Å². The van der Waals surface area contributed by atoms with Crippen LogP contribution in [-0.4, -0.2) is 77.7 Å². The van der Waals surface area contributed by atoms with Gasteiger partial charge in [0.05, 0.1) is 52.4 Å². The van der Waals surface area contributed by atoms with Gasteiger partial charge in [0.15, 0.2) is 0 Å². The summed E-state index contributed by atoms with van der Waals surface area (Å²) in [7, 11) is 1.79. The van der Waals surface area contributed by atoms with Crippen molar-refractivity contribution in [1.82, 2.24) is 5.32 Å². The fourth-order valence-corrected chi connectivity index (χ4v) is 1.42. The van der Waals surface area contributed by atoms with E-state index in [1.807, 2.05) is 0 Å². The second-order valence-electron chi connectivity index (χ2n) is 4.48. The van der Waals surface area contributed by atoms with E-state index in [1.165, 1.54) is 0 Å². The second kappa shape index (κ2) is 16.8. The zero-order valence-corrected chi connectivity index (χ0v) is 12.9. The van der Waals surface area contributed by atoms with Gasteiger partial charge in [-0.05, 0) is 13.5 Å². The first kappa shape index (κ1) is 19.8. The zero-order valence-electron chi connectivity index (χ0n) is 12.9. The number of unbranched alkanes of at least 4 members (excludes halogenated alkanes) is 1. The van der Waals surface area contributed by atoms with Crippen molar-refractivity contribution < 1.29 is 24.1 Å². The SMILES string of the molecule is CCCCOCCOCCOCCOCC(O)CNC. The normalized spacial score (nSPS) is 12.8. The lowest BCUT2D eigenvalue weighted by Gasteiger charge is -2.10. The number of nitrogens with one attached hydrogen (secondary N) is 1. The molecule has 0 aliphatic carbocycles. The molecule has 0 saturated heterocycles. The molecule has 2 N–H and O–H groups in total. The molecule has 1 atom stereocenters. The van der Waals surface area contributed by atoms with E-state index in [0.717, 1.165) is 19.4 Å². The van der Waals surface area contributed by atoms with Gasteiger partial charge in [0.1, 0.15) is 0 Å². The minimum absolute atomic E-state index is 0.329. The van der Waals surface area contributed by atoms with E-state index >= 15 is 0 Å². The highest BCUT2D eigenvalue weighted by Gasteiger charge is 2.01. The molecule has 0 radical (unpaired) electrons. The van der Waals surface area contributed by atoms with Crippen molar-refractivity contribution in [2.75, 3.05) is 66.4 Å². The Bertz CT molecular complexity index is 183. The highest BCUT2D eigenvalue weighted by Crippen LogP contribution is 1.88. The predicted octanol–water partition coefficient (Wildman–Crippen LogP) is 0.433. The largest absolute Gasteiger partial charge is 0.389 e. The molecular formula is C14H31NO5. The molecule has 6 nitrogen and oxygen atoms in total. The molecule has 0 rings (SSSR count). The third-order valence-corrected chi connectivity index (χ3v) is 2.51. The highest BCUT2D eigenvalue weighted by molar-refractivity contribution is 4.54. The summed E-state index contributed by atoms with van der Waals surface area (Å²) >= 11 is 0. The van der Waals surface area contributed by atoms with Crippen LogP contribution in [0.15, 0.2) is 0 Å². The topological polar surface area (TPSA) is 69.2 Å². The number of rotatable bonds is 16. The molecule has 0 saturated carbocycles. The van der Waals surface area contributed by atoms with Crippen LogP contribution in [0.2, 0.25) is 0 Å². The first-order valence-corrected chi connectivity index (χ1v) is 7.44. The van der Waals surface area contributed by atoms with Crippen molar-refractivity contribution in [1.29, 1.82) is 0 Å². The summed E-state index contributed by atoms with van der Waals surface area (Å²) in [6.07, 6.45) is 1.80. The maximum Gasteiger partial charge on any atom is 0.0897 e. The van der Waals surface area contributed by atoms with Crippen LogP contribution < -0.4 is 5.32 Å². The van der Waals surface area contributed by atoms with Crippen LogP contribution in [0.1, 0.15) is 19.8 Å². The van der Waals surface area contributed by atoms with Crippen molar-refractivity contribution in [2.24, 2.45) is 0 Å². The fourth-order valence-electron chi connectivity index (χ4n) is 1.42. The Hall–Kier alpha value is -0.240. The van der Waals surface area contributed by atoms with Crippen LogP contribution >= 0.6 is 0 Å². The van der Waals surface area contributed by atoms with E-state index in [4.69, 9.17) is 18.9 Å². The lowest BCUT2D eigenvalue weighted by atomic mass is 10.4. The molecule has 0 aromatic rings. The molecule has 0 spiro atoms. The third kappa shape index (κ3) is 15.8. The molecule has 0 aliphatic heterocycles. The summed E-state index contributed by atoms with van der Waals surface area (Å²) in [6, 6.07) is 0. The summed E-state index contributed by atoms with van der Waals surface area (Å²) in [4.78, 5) is 0. The average Bonchev–Trinajstić information content (AvgIpc) is 2.44. The molecule has 20 heavy (non-hydrogen) atoms. The molecule has 0 aromatic carbocycles. The van der Waals surface area contributed by atoms with Crippen molar-refractivity contribution in [3.63, 3.8) is 0 Å². The first-order valence-electron chi connectivity index (χ1n) is 7.44. The zero-order chi connectivity index (χ0) is 14.9. The van der Waals surface area contributed by atoms with Crippen LogP contribution in [-0.2, 0) is 18.9 Å². The van der Waals surface area contributed by atoms with Crippen LogP contribution in [0.25, 0.3) is 0 Å². The number of aliphatic hydroxyl groups excluding tert-OH is 1. The standard InChI is InChI=1S/C14H31NO5/c1-3-4-5-17-6-7-18-8-9-19-10-11-20-13-14(16)12-15-2/h14-16H,3-13H2,1-2H3. The van der Waals surface area contributed by atoms with Gasteiger partial charge in [-0.25, -0.2) is 0 Å². The molecule has 0 fully saturated rings.